The number of amides is 1. The van der Waals surface area contributed by atoms with E-state index in [9.17, 15) is 61.0 Å². The van der Waals surface area contributed by atoms with Gasteiger partial charge in [0.05, 0.1) is 38.6 Å². The average Bonchev–Trinajstić information content (AvgIpc) is 0.782. The van der Waals surface area contributed by atoms with Gasteiger partial charge in [0.1, 0.15) is 73.2 Å². The van der Waals surface area contributed by atoms with Gasteiger partial charge in [0.25, 0.3) is 0 Å². The SMILES string of the molecule is CC/C=C\C/C=C\C/C=C\C/C=C\CCCCCCCCCCCCC(=O)NC(COC1OC(CO)C(OC2OC(CO)C(OC3OC(CO)C(O)C(O)C3O)C(O)C2O)C(O)C1O)C(O)CCCCCCCCCCCCCCCCCCCCCCCCCCCCCCCCCCC. The molecule has 3 heterocycles. The Balaban J connectivity index is 1.35. The summed E-state index contributed by atoms with van der Waals surface area (Å²) in [5.74, 6) is -0.244. The minimum Gasteiger partial charge on any atom is -0.394 e. The van der Waals surface area contributed by atoms with Gasteiger partial charge in [0.2, 0.25) is 5.91 Å². The third-order valence-electron chi connectivity index (χ3n) is 20.7. The first kappa shape index (κ1) is 93.0. The molecular weight excluding hydrogens is 1290 g/mol. The molecule has 0 aliphatic carbocycles. The van der Waals surface area contributed by atoms with Crippen LogP contribution >= 0.6 is 0 Å². The van der Waals surface area contributed by atoms with Crippen LogP contribution < -0.4 is 5.32 Å². The van der Waals surface area contributed by atoms with Crippen molar-refractivity contribution in [3.63, 3.8) is 0 Å². The molecule has 592 valence electrons. The van der Waals surface area contributed by atoms with Crippen LogP contribution in [0.2, 0.25) is 0 Å². The summed E-state index contributed by atoms with van der Waals surface area (Å²) in [7, 11) is 0. The number of carbonyl (C=O) groups excluding carboxylic acids is 1. The van der Waals surface area contributed by atoms with Gasteiger partial charge in [-0.1, -0.05) is 326 Å². The molecule has 0 aromatic carbocycles. The van der Waals surface area contributed by atoms with Crippen LogP contribution in [0.25, 0.3) is 0 Å². The van der Waals surface area contributed by atoms with Crippen molar-refractivity contribution in [2.45, 2.75) is 439 Å². The predicted octanol–water partition coefficient (Wildman–Crippen LogP) is 14.1. The molecule has 1 amide bonds. The number of nitrogens with one attached hydrogen (secondary N) is 1. The van der Waals surface area contributed by atoms with E-state index in [1.165, 1.54) is 225 Å². The van der Waals surface area contributed by atoms with Crippen LogP contribution in [0.3, 0.4) is 0 Å². The van der Waals surface area contributed by atoms with Crippen molar-refractivity contribution >= 4 is 5.91 Å². The highest BCUT2D eigenvalue weighted by molar-refractivity contribution is 5.76. The standard InChI is InChI=1S/C82H151NO18/c1-3-5-7-9-11-13-15-17-19-21-23-25-27-28-29-30-31-32-33-34-35-36-38-39-41-43-45-47-49-51-53-55-57-59-66(87)65(83-70(88)60-58-56-54-52-50-48-46-44-42-40-37-26-24-22-20-18-16-14-12-10-8-6-4-2)64-96-80-76(94)73(91)78(68(62-85)98-80)101-82-77(95)74(92)79(69(63-86)99-82)100-81-75(93)72(90)71(89)67(61-84)97-81/h6,8,12,14,18,20,24,26,65-69,71-82,84-87,89-95H,3-5,7,9-11,13,15-17,19,21-23,25,27-64H2,1-2H3,(H,83,88)/b8-6-,14-12-,20-18-,26-24-. The lowest BCUT2D eigenvalue weighted by atomic mass is 9.96. The molecule has 19 heteroatoms. The van der Waals surface area contributed by atoms with Crippen molar-refractivity contribution < 1.29 is 89.4 Å². The Morgan fingerprint density at radius 2 is 0.683 bits per heavy atom. The van der Waals surface area contributed by atoms with E-state index in [1.807, 2.05) is 0 Å². The third kappa shape index (κ3) is 42.8. The molecule has 12 N–H and O–H groups in total. The van der Waals surface area contributed by atoms with Gasteiger partial charge in [-0.3, -0.25) is 4.79 Å². The van der Waals surface area contributed by atoms with Gasteiger partial charge in [-0.15, -0.1) is 0 Å². The number of carbonyl (C=O) groups is 1. The van der Waals surface area contributed by atoms with Gasteiger partial charge in [-0.2, -0.15) is 0 Å². The Morgan fingerprint density at radius 1 is 0.366 bits per heavy atom. The molecule has 0 radical (unpaired) electrons. The Hall–Kier alpha value is -2.25. The van der Waals surface area contributed by atoms with E-state index in [0.717, 1.165) is 77.0 Å². The summed E-state index contributed by atoms with van der Waals surface area (Å²) in [4.78, 5) is 13.5. The van der Waals surface area contributed by atoms with Crippen LogP contribution in [0.1, 0.15) is 335 Å². The third-order valence-corrected chi connectivity index (χ3v) is 20.7. The quantitative estimate of drug-likeness (QED) is 0.0199. The van der Waals surface area contributed by atoms with Crippen LogP contribution in [0.4, 0.5) is 0 Å². The van der Waals surface area contributed by atoms with Crippen LogP contribution in [-0.2, 0) is 33.2 Å². The van der Waals surface area contributed by atoms with Crippen molar-refractivity contribution in [2.24, 2.45) is 0 Å². The maximum atomic E-state index is 13.5. The molecule has 19 nitrogen and oxygen atoms in total. The predicted molar refractivity (Wildman–Crippen MR) is 402 cm³/mol. The molecule has 3 aliphatic heterocycles. The number of aliphatic hydroxyl groups is 11. The van der Waals surface area contributed by atoms with Gasteiger partial charge in [0, 0.05) is 6.42 Å². The molecule has 0 spiro atoms. The van der Waals surface area contributed by atoms with Crippen LogP contribution in [0, 0.1) is 0 Å². The maximum Gasteiger partial charge on any atom is 0.220 e. The minimum absolute atomic E-state index is 0.244. The van der Waals surface area contributed by atoms with E-state index in [-0.39, 0.29) is 18.9 Å². The highest BCUT2D eigenvalue weighted by Gasteiger charge is 2.54. The van der Waals surface area contributed by atoms with Gasteiger partial charge in [0.15, 0.2) is 18.9 Å². The molecule has 0 aromatic rings. The van der Waals surface area contributed by atoms with Crippen molar-refractivity contribution in [2.75, 3.05) is 26.4 Å². The van der Waals surface area contributed by atoms with Crippen LogP contribution in [-0.4, -0.2) is 193 Å². The zero-order valence-electron chi connectivity index (χ0n) is 63.4. The first-order valence-electron chi connectivity index (χ1n) is 41.4. The highest BCUT2D eigenvalue weighted by atomic mass is 16.8. The second-order valence-corrected chi connectivity index (χ2v) is 29.6. The second kappa shape index (κ2) is 62.8. The lowest BCUT2D eigenvalue weighted by Gasteiger charge is -2.48. The summed E-state index contributed by atoms with van der Waals surface area (Å²) >= 11 is 0. The van der Waals surface area contributed by atoms with Crippen molar-refractivity contribution in [3.8, 4) is 0 Å². The normalized spacial score (nSPS) is 26.5. The lowest BCUT2D eigenvalue weighted by molar-refractivity contribution is -0.379. The Bertz CT molecular complexity index is 2010. The number of aliphatic hydroxyl groups excluding tert-OH is 11. The Labute approximate surface area is 612 Å². The number of rotatable bonds is 66. The van der Waals surface area contributed by atoms with Gasteiger partial charge >= 0.3 is 0 Å². The molecule has 0 saturated carbocycles. The smallest absolute Gasteiger partial charge is 0.220 e. The molecule has 3 fully saturated rings. The van der Waals surface area contributed by atoms with Crippen molar-refractivity contribution in [3.05, 3.63) is 48.6 Å². The molecule has 0 bridgehead atoms. The second-order valence-electron chi connectivity index (χ2n) is 29.6. The van der Waals surface area contributed by atoms with Crippen molar-refractivity contribution in [1.29, 1.82) is 0 Å². The number of unbranched alkanes of at least 4 members (excludes halogenated alkanes) is 42. The van der Waals surface area contributed by atoms with Gasteiger partial charge in [-0.25, -0.2) is 0 Å². The minimum atomic E-state index is -1.97. The fourth-order valence-electron chi connectivity index (χ4n) is 14.1. The summed E-state index contributed by atoms with van der Waals surface area (Å²) in [5, 5.41) is 121. The first-order valence-corrected chi connectivity index (χ1v) is 41.4. The fraction of sp³-hybridized carbons (Fsp3) is 0.890. The van der Waals surface area contributed by atoms with Gasteiger partial charge < -0.3 is 89.9 Å². The molecule has 3 aliphatic rings. The zero-order chi connectivity index (χ0) is 73.2. The summed E-state index contributed by atoms with van der Waals surface area (Å²) < 4.78 is 34.5. The molecule has 101 heavy (non-hydrogen) atoms. The van der Waals surface area contributed by atoms with Crippen molar-refractivity contribution in [1.82, 2.24) is 5.32 Å². The largest absolute Gasteiger partial charge is 0.394 e. The van der Waals surface area contributed by atoms with E-state index >= 15 is 0 Å². The van der Waals surface area contributed by atoms with E-state index < -0.39 is 124 Å². The lowest BCUT2D eigenvalue weighted by Crippen LogP contribution is -2.66. The summed E-state index contributed by atoms with van der Waals surface area (Å²) in [6.07, 6.45) is 52.1. The van der Waals surface area contributed by atoms with Gasteiger partial charge in [-0.05, 0) is 51.4 Å². The summed E-state index contributed by atoms with van der Waals surface area (Å²) in [5.41, 5.74) is 0. The average molecular weight is 1440 g/mol. The zero-order valence-corrected chi connectivity index (χ0v) is 63.4. The summed E-state index contributed by atoms with van der Waals surface area (Å²) in [6.45, 7) is 1.73. The van der Waals surface area contributed by atoms with E-state index in [4.69, 9.17) is 28.4 Å². The number of hydrogen-bond donors (Lipinski definition) is 12. The Morgan fingerprint density at radius 3 is 1.07 bits per heavy atom. The van der Waals surface area contributed by atoms with E-state index in [0.29, 0.717) is 12.8 Å². The molecule has 3 rings (SSSR count). The fourth-order valence-corrected chi connectivity index (χ4v) is 14.1. The monoisotopic (exact) mass is 1440 g/mol. The topological polar surface area (TPSA) is 307 Å². The number of allylic oxidation sites excluding steroid dienone is 8. The molecule has 0 aromatic heterocycles. The van der Waals surface area contributed by atoms with E-state index in [2.05, 4.69) is 67.8 Å². The molecular formula is C82H151NO18. The van der Waals surface area contributed by atoms with E-state index in [1.54, 1.807) is 0 Å². The summed E-state index contributed by atoms with van der Waals surface area (Å²) in [6, 6.07) is -0.893. The molecule has 3 saturated heterocycles. The molecule has 17 unspecified atom stereocenters. The first-order chi connectivity index (χ1) is 49.3. The van der Waals surface area contributed by atoms with Crippen LogP contribution in [0.15, 0.2) is 48.6 Å². The highest BCUT2D eigenvalue weighted by Crippen LogP contribution is 2.33. The Kier molecular flexibility index (Phi) is 57.8. The van der Waals surface area contributed by atoms with Crippen LogP contribution in [0.5, 0.6) is 0 Å². The number of ether oxygens (including phenoxy) is 6. The molecule has 17 atom stereocenters. The maximum absolute atomic E-state index is 13.5. The number of hydrogen-bond acceptors (Lipinski definition) is 18.